The number of halogens is 3. The lowest BCUT2D eigenvalue weighted by Gasteiger charge is -2.28. The maximum absolute atomic E-state index is 12.6. The molecule has 0 aliphatic carbocycles. The smallest absolute Gasteiger partial charge is 0.338 e. The Balaban J connectivity index is 1.72. The van der Waals surface area contributed by atoms with Crippen LogP contribution in [0.3, 0.4) is 0 Å². The molecule has 1 aromatic heterocycles. The number of allylic oxidation sites excluding steroid dienone is 1. The van der Waals surface area contributed by atoms with E-state index in [0.717, 1.165) is 11.1 Å². The van der Waals surface area contributed by atoms with Crippen molar-refractivity contribution in [3.05, 3.63) is 73.6 Å². The van der Waals surface area contributed by atoms with Crippen molar-refractivity contribution in [3.63, 3.8) is 0 Å². The van der Waals surface area contributed by atoms with Gasteiger partial charge < -0.3 is 19.5 Å². The number of carbonyl (C=O) groups excluding carboxylic acids is 1. The van der Waals surface area contributed by atoms with E-state index in [9.17, 15) is 4.79 Å². The molecule has 33 heavy (non-hydrogen) atoms. The Bertz CT molecular complexity index is 1260. The van der Waals surface area contributed by atoms with Crippen LogP contribution in [-0.4, -0.2) is 35.0 Å². The van der Waals surface area contributed by atoms with Gasteiger partial charge in [0.15, 0.2) is 11.5 Å². The van der Waals surface area contributed by atoms with Gasteiger partial charge in [-0.15, -0.1) is 0 Å². The van der Waals surface area contributed by atoms with E-state index in [1.165, 1.54) is 13.4 Å². The first kappa shape index (κ1) is 23.4. The summed E-state index contributed by atoms with van der Waals surface area (Å²) >= 11 is 15.7. The molecule has 0 bridgehead atoms. The van der Waals surface area contributed by atoms with Crippen molar-refractivity contribution in [2.75, 3.05) is 19.5 Å². The maximum atomic E-state index is 12.6. The number of nitrogens with one attached hydrogen (secondary N) is 1. The molecule has 0 fully saturated rings. The Hall–Kier alpha value is -2.75. The molecule has 1 N–H and O–H groups in total. The normalized spacial score (nSPS) is 15.0. The van der Waals surface area contributed by atoms with Gasteiger partial charge in [0.1, 0.15) is 19.0 Å². The van der Waals surface area contributed by atoms with E-state index in [1.54, 1.807) is 36.9 Å². The molecule has 1 aliphatic rings. The molecule has 1 aliphatic heterocycles. The van der Waals surface area contributed by atoms with Gasteiger partial charge in [-0.3, -0.25) is 0 Å². The molecule has 0 saturated carbocycles. The molecule has 4 rings (SSSR count). The number of anilines is 1. The highest BCUT2D eigenvalue weighted by Gasteiger charge is 2.35. The fourth-order valence-corrected chi connectivity index (χ4v) is 4.49. The lowest BCUT2D eigenvalue weighted by Crippen LogP contribution is -2.29. The molecule has 0 radical (unpaired) electrons. The molecule has 2 aromatic carbocycles. The van der Waals surface area contributed by atoms with Crippen LogP contribution in [0, 0.1) is 0 Å². The molecule has 2 heterocycles. The topological polar surface area (TPSA) is 87.5 Å². The number of rotatable bonds is 6. The molecule has 0 amide bonds. The predicted octanol–water partition coefficient (Wildman–Crippen LogP) is 5.40. The van der Waals surface area contributed by atoms with E-state index in [0.29, 0.717) is 43.2 Å². The number of nitrogens with zero attached hydrogens (tertiary/aromatic N) is 3. The summed E-state index contributed by atoms with van der Waals surface area (Å²) in [6, 6.07) is 8.37. The number of benzene rings is 2. The zero-order chi connectivity index (χ0) is 23.7. The van der Waals surface area contributed by atoms with Crippen LogP contribution in [0.5, 0.6) is 11.5 Å². The van der Waals surface area contributed by atoms with E-state index in [1.807, 2.05) is 12.1 Å². The maximum Gasteiger partial charge on any atom is 0.338 e. The molecule has 8 nitrogen and oxygen atoms in total. The summed E-state index contributed by atoms with van der Waals surface area (Å²) in [5, 5.41) is 8.32. The lowest BCUT2D eigenvalue weighted by molar-refractivity contribution is -0.136. The second-order valence-corrected chi connectivity index (χ2v) is 8.83. The largest absolute Gasteiger partial charge is 0.493 e. The van der Waals surface area contributed by atoms with Crippen molar-refractivity contribution in [3.8, 4) is 11.5 Å². The second kappa shape index (κ2) is 9.62. The van der Waals surface area contributed by atoms with Crippen molar-refractivity contribution in [1.82, 2.24) is 14.8 Å². The third-order valence-electron chi connectivity index (χ3n) is 5.13. The average molecular weight is 554 g/mol. The van der Waals surface area contributed by atoms with Gasteiger partial charge in [-0.25, -0.2) is 9.48 Å². The number of fused-ring (bicyclic) bond motifs is 1. The van der Waals surface area contributed by atoms with Crippen LogP contribution >= 0.6 is 39.1 Å². The van der Waals surface area contributed by atoms with Gasteiger partial charge in [0.05, 0.1) is 34.3 Å². The number of ether oxygens (including phenoxy) is 3. The third kappa shape index (κ3) is 4.53. The third-order valence-corrected chi connectivity index (χ3v) is 6.46. The molecule has 11 heteroatoms. The molecule has 0 spiro atoms. The molecule has 3 aromatic rings. The molecule has 0 saturated heterocycles. The zero-order valence-electron chi connectivity index (χ0n) is 17.9. The van der Waals surface area contributed by atoms with Crippen LogP contribution in [0.2, 0.25) is 10.0 Å². The van der Waals surface area contributed by atoms with Crippen molar-refractivity contribution in [2.24, 2.45) is 0 Å². The zero-order valence-corrected chi connectivity index (χ0v) is 21.0. The van der Waals surface area contributed by atoms with Gasteiger partial charge in [0.2, 0.25) is 5.95 Å². The Labute approximate surface area is 208 Å². The SMILES string of the molecule is COC(=O)C1=C(C)Nc2ncnn2C1c1cc(Br)c(OCc2ccc(Cl)c(Cl)c2)c(OC)c1. The highest BCUT2D eigenvalue weighted by atomic mass is 79.9. The monoisotopic (exact) mass is 552 g/mol. The van der Waals surface area contributed by atoms with Gasteiger partial charge in [0, 0.05) is 5.70 Å². The van der Waals surface area contributed by atoms with E-state index in [2.05, 4.69) is 31.3 Å². The van der Waals surface area contributed by atoms with Gasteiger partial charge >= 0.3 is 5.97 Å². The van der Waals surface area contributed by atoms with Crippen LogP contribution in [0.15, 0.2) is 52.4 Å². The summed E-state index contributed by atoms with van der Waals surface area (Å²) in [5.41, 5.74) is 2.62. The van der Waals surface area contributed by atoms with Crippen LogP contribution in [0.4, 0.5) is 5.95 Å². The Morgan fingerprint density at radius 2 is 2.00 bits per heavy atom. The Morgan fingerprint density at radius 1 is 1.21 bits per heavy atom. The van der Waals surface area contributed by atoms with Crippen molar-refractivity contribution >= 4 is 51.0 Å². The Kier molecular flexibility index (Phi) is 6.83. The second-order valence-electron chi connectivity index (χ2n) is 7.16. The fourth-order valence-electron chi connectivity index (χ4n) is 3.60. The predicted molar refractivity (Wildman–Crippen MR) is 128 cm³/mol. The average Bonchev–Trinajstić information content (AvgIpc) is 3.26. The van der Waals surface area contributed by atoms with Crippen LogP contribution in [0.1, 0.15) is 24.1 Å². The van der Waals surface area contributed by atoms with Crippen LogP contribution in [0.25, 0.3) is 0 Å². The Morgan fingerprint density at radius 3 is 2.70 bits per heavy atom. The summed E-state index contributed by atoms with van der Waals surface area (Å²) in [5.74, 6) is 1.02. The quantitative estimate of drug-likeness (QED) is 0.409. The number of methoxy groups -OCH3 is 2. The first-order chi connectivity index (χ1) is 15.8. The number of aromatic nitrogens is 3. The van der Waals surface area contributed by atoms with Crippen molar-refractivity contribution < 1.29 is 19.0 Å². The number of carbonyl (C=O) groups is 1. The van der Waals surface area contributed by atoms with Crippen LogP contribution < -0.4 is 14.8 Å². The molecular formula is C22H19BrCl2N4O4. The standard InChI is InChI=1S/C22H19BrCl2N4O4/c1-11-18(21(30)32-3)19(29-22(28-11)26-10-27-29)13-7-14(23)20(17(8-13)31-2)33-9-12-4-5-15(24)16(25)6-12/h4-8,10,19H,9H2,1-3H3,(H,26,27,28). The van der Waals surface area contributed by atoms with Gasteiger partial charge in [0.25, 0.3) is 0 Å². The van der Waals surface area contributed by atoms with Gasteiger partial charge in [-0.05, 0) is 58.2 Å². The number of hydrogen-bond acceptors (Lipinski definition) is 7. The van der Waals surface area contributed by atoms with E-state index in [-0.39, 0.29) is 6.61 Å². The summed E-state index contributed by atoms with van der Waals surface area (Å²) in [6.07, 6.45) is 1.42. The highest BCUT2D eigenvalue weighted by molar-refractivity contribution is 9.10. The lowest BCUT2D eigenvalue weighted by atomic mass is 9.95. The minimum Gasteiger partial charge on any atom is -0.493 e. The summed E-state index contributed by atoms with van der Waals surface area (Å²) in [7, 11) is 2.89. The van der Waals surface area contributed by atoms with E-state index in [4.69, 9.17) is 37.4 Å². The van der Waals surface area contributed by atoms with Crippen molar-refractivity contribution in [2.45, 2.75) is 19.6 Å². The molecule has 1 unspecified atom stereocenters. The summed E-state index contributed by atoms with van der Waals surface area (Å²) in [4.78, 5) is 16.9. The fraction of sp³-hybridized carbons (Fsp3) is 0.227. The van der Waals surface area contributed by atoms with Gasteiger partial charge in [-0.1, -0.05) is 29.3 Å². The van der Waals surface area contributed by atoms with Crippen molar-refractivity contribution in [1.29, 1.82) is 0 Å². The summed E-state index contributed by atoms with van der Waals surface area (Å²) < 4.78 is 18.9. The highest BCUT2D eigenvalue weighted by Crippen LogP contribution is 2.43. The molecule has 1 atom stereocenters. The van der Waals surface area contributed by atoms with E-state index < -0.39 is 12.0 Å². The molecular weight excluding hydrogens is 535 g/mol. The minimum absolute atomic E-state index is 0.248. The number of esters is 1. The first-order valence-corrected chi connectivity index (χ1v) is 11.3. The van der Waals surface area contributed by atoms with E-state index >= 15 is 0 Å². The minimum atomic E-state index is -0.578. The molecule has 172 valence electrons. The number of hydrogen-bond donors (Lipinski definition) is 1. The summed E-state index contributed by atoms with van der Waals surface area (Å²) in [6.45, 7) is 2.04. The van der Waals surface area contributed by atoms with Gasteiger partial charge in [-0.2, -0.15) is 10.1 Å². The van der Waals surface area contributed by atoms with Crippen LogP contribution in [-0.2, 0) is 16.1 Å². The first-order valence-electron chi connectivity index (χ1n) is 9.73.